The van der Waals surface area contributed by atoms with E-state index in [9.17, 15) is 4.79 Å². The van der Waals surface area contributed by atoms with Crippen LogP contribution >= 0.6 is 0 Å². The summed E-state index contributed by atoms with van der Waals surface area (Å²) in [7, 11) is 0. The van der Waals surface area contributed by atoms with Crippen molar-refractivity contribution in [1.29, 1.82) is 0 Å². The minimum atomic E-state index is -0.723. The smallest absolute Gasteiger partial charge is 0.287 e. The van der Waals surface area contributed by atoms with Crippen LogP contribution in [-0.2, 0) is 9.53 Å². The number of nitrogens with zero attached hydrogens (tertiary/aromatic N) is 2. The number of nitrogens with two attached hydrogens (primary N) is 1. The number of rotatable bonds is 0. The minimum Gasteiger partial charge on any atom is -0.409 e. The lowest BCUT2D eigenvalue weighted by Gasteiger charge is -2.27. The van der Waals surface area contributed by atoms with Crippen LogP contribution in [0.3, 0.4) is 0 Å². The van der Waals surface area contributed by atoms with E-state index >= 15 is 0 Å². The molecular formula is C6H11N3O3. The van der Waals surface area contributed by atoms with Crippen molar-refractivity contribution in [2.75, 3.05) is 26.3 Å². The summed E-state index contributed by atoms with van der Waals surface area (Å²) in [5.74, 6) is -0.822. The van der Waals surface area contributed by atoms with Crippen molar-refractivity contribution in [3.05, 3.63) is 0 Å². The van der Waals surface area contributed by atoms with E-state index in [0.717, 1.165) is 0 Å². The molecule has 1 heterocycles. The number of amides is 1. The Morgan fingerprint density at radius 3 is 2.50 bits per heavy atom. The molecule has 68 valence electrons. The third-order valence-corrected chi connectivity index (χ3v) is 1.63. The molecule has 1 saturated heterocycles. The predicted octanol–water partition coefficient (Wildman–Crippen LogP) is -1.41. The molecule has 0 saturated carbocycles. The maximum atomic E-state index is 10.7. The highest BCUT2D eigenvalue weighted by Crippen LogP contribution is 1.97. The van der Waals surface area contributed by atoms with Crippen molar-refractivity contribution in [1.82, 2.24) is 4.90 Å². The molecule has 1 amide bonds. The molecule has 0 aliphatic carbocycles. The molecule has 0 aromatic heterocycles. The van der Waals surface area contributed by atoms with Gasteiger partial charge in [0.1, 0.15) is 0 Å². The molecule has 1 aliphatic rings. The van der Waals surface area contributed by atoms with Crippen LogP contribution in [0, 0.1) is 0 Å². The van der Waals surface area contributed by atoms with Crippen molar-refractivity contribution >= 4 is 11.7 Å². The summed E-state index contributed by atoms with van der Waals surface area (Å²) < 4.78 is 5.04. The van der Waals surface area contributed by atoms with Crippen LogP contribution in [0.15, 0.2) is 5.16 Å². The van der Waals surface area contributed by atoms with Gasteiger partial charge in [0.2, 0.25) is 5.84 Å². The van der Waals surface area contributed by atoms with Gasteiger partial charge in [0.15, 0.2) is 0 Å². The Morgan fingerprint density at radius 2 is 2.08 bits per heavy atom. The molecular weight excluding hydrogens is 162 g/mol. The first kappa shape index (κ1) is 8.79. The first-order chi connectivity index (χ1) is 5.75. The van der Waals surface area contributed by atoms with Gasteiger partial charge in [-0.25, -0.2) is 0 Å². The molecule has 1 aliphatic heterocycles. The maximum Gasteiger partial charge on any atom is 0.287 e. The number of amidine groups is 1. The molecule has 1 rings (SSSR count). The monoisotopic (exact) mass is 173 g/mol. The number of hydrogen-bond donors (Lipinski definition) is 2. The number of ether oxygens (including phenoxy) is 1. The highest BCUT2D eigenvalue weighted by Gasteiger charge is 2.19. The van der Waals surface area contributed by atoms with Gasteiger partial charge in [-0.2, -0.15) is 0 Å². The van der Waals surface area contributed by atoms with Crippen molar-refractivity contribution in [3.8, 4) is 0 Å². The molecule has 3 N–H and O–H groups in total. The lowest BCUT2D eigenvalue weighted by atomic mass is 10.4. The number of oxime groups is 1. The number of hydrogen-bond acceptors (Lipinski definition) is 4. The van der Waals surface area contributed by atoms with Crippen LogP contribution in [0.4, 0.5) is 0 Å². The summed E-state index contributed by atoms with van der Waals surface area (Å²) in [4.78, 5) is 12.3. The molecule has 1 fully saturated rings. The standard InChI is InChI=1S/C6H11N3O3/c7-5(10)6(8-11)9-1-3-12-4-2-9/h11H,1-4H2,(H2,7,10)/b8-6+. The summed E-state index contributed by atoms with van der Waals surface area (Å²) in [5, 5.41) is 11.3. The fourth-order valence-corrected chi connectivity index (χ4v) is 1.04. The normalized spacial score (nSPS) is 19.3. The molecule has 6 nitrogen and oxygen atoms in total. The van der Waals surface area contributed by atoms with Crippen molar-refractivity contribution in [2.24, 2.45) is 10.9 Å². The Kier molecular flexibility index (Phi) is 2.87. The van der Waals surface area contributed by atoms with E-state index in [1.807, 2.05) is 0 Å². The van der Waals surface area contributed by atoms with Crippen LogP contribution < -0.4 is 5.73 Å². The Labute approximate surface area is 69.6 Å². The highest BCUT2D eigenvalue weighted by molar-refractivity contribution is 6.36. The SMILES string of the molecule is NC(=O)/C(=N\O)N1CCOCC1. The largest absolute Gasteiger partial charge is 0.409 e. The zero-order chi connectivity index (χ0) is 8.97. The van der Waals surface area contributed by atoms with Crippen molar-refractivity contribution in [3.63, 3.8) is 0 Å². The summed E-state index contributed by atoms with van der Waals surface area (Å²) in [6, 6.07) is 0. The molecule has 0 spiro atoms. The molecule has 0 aromatic rings. The Bertz CT molecular complexity index is 198. The van der Waals surface area contributed by atoms with Crippen molar-refractivity contribution in [2.45, 2.75) is 0 Å². The second kappa shape index (κ2) is 3.91. The van der Waals surface area contributed by atoms with E-state index < -0.39 is 5.91 Å². The maximum absolute atomic E-state index is 10.7. The Hall–Kier alpha value is -1.30. The first-order valence-corrected chi connectivity index (χ1v) is 3.60. The number of carbonyl (C=O) groups is 1. The fraction of sp³-hybridized carbons (Fsp3) is 0.667. The molecule has 0 bridgehead atoms. The van der Waals surface area contributed by atoms with Crippen LogP contribution in [-0.4, -0.2) is 48.2 Å². The third-order valence-electron chi connectivity index (χ3n) is 1.63. The topological polar surface area (TPSA) is 88.2 Å². The third kappa shape index (κ3) is 1.85. The van der Waals surface area contributed by atoms with Gasteiger partial charge in [-0.15, -0.1) is 0 Å². The number of carbonyl (C=O) groups excluding carboxylic acids is 1. The van der Waals surface area contributed by atoms with Gasteiger partial charge in [-0.05, 0) is 0 Å². The van der Waals surface area contributed by atoms with E-state index in [1.54, 1.807) is 4.90 Å². The molecule has 0 aromatic carbocycles. The van der Waals surface area contributed by atoms with Crippen LogP contribution in [0.2, 0.25) is 0 Å². The Balaban J connectivity index is 2.59. The molecule has 6 heteroatoms. The van der Waals surface area contributed by atoms with E-state index in [0.29, 0.717) is 26.3 Å². The predicted molar refractivity (Wildman–Crippen MR) is 40.8 cm³/mol. The van der Waals surface area contributed by atoms with E-state index in [-0.39, 0.29) is 5.84 Å². The fourth-order valence-electron chi connectivity index (χ4n) is 1.04. The van der Waals surface area contributed by atoms with Gasteiger partial charge in [-0.1, -0.05) is 5.16 Å². The van der Waals surface area contributed by atoms with Crippen LogP contribution in [0.1, 0.15) is 0 Å². The molecule has 12 heavy (non-hydrogen) atoms. The van der Waals surface area contributed by atoms with Crippen LogP contribution in [0.25, 0.3) is 0 Å². The summed E-state index contributed by atoms with van der Waals surface area (Å²) in [6.45, 7) is 2.10. The molecule has 0 unspecified atom stereocenters. The average molecular weight is 173 g/mol. The summed E-state index contributed by atoms with van der Waals surface area (Å²) >= 11 is 0. The van der Waals surface area contributed by atoms with E-state index in [1.165, 1.54) is 0 Å². The second-order valence-electron chi connectivity index (χ2n) is 2.39. The lowest BCUT2D eigenvalue weighted by molar-refractivity contribution is -0.113. The quantitative estimate of drug-likeness (QED) is 0.204. The van der Waals surface area contributed by atoms with E-state index in [4.69, 9.17) is 15.7 Å². The van der Waals surface area contributed by atoms with Gasteiger partial charge in [-0.3, -0.25) is 4.79 Å². The van der Waals surface area contributed by atoms with Gasteiger partial charge in [0, 0.05) is 13.1 Å². The first-order valence-electron chi connectivity index (χ1n) is 3.60. The number of primary amides is 1. The van der Waals surface area contributed by atoms with Gasteiger partial charge in [0.05, 0.1) is 13.2 Å². The lowest BCUT2D eigenvalue weighted by Crippen LogP contribution is -2.46. The Morgan fingerprint density at radius 1 is 1.50 bits per heavy atom. The van der Waals surface area contributed by atoms with Crippen molar-refractivity contribution < 1.29 is 14.7 Å². The van der Waals surface area contributed by atoms with E-state index in [2.05, 4.69) is 5.16 Å². The summed E-state index contributed by atoms with van der Waals surface area (Å²) in [6.07, 6.45) is 0. The average Bonchev–Trinajstić information content (AvgIpc) is 2.07. The molecule has 0 atom stereocenters. The zero-order valence-electron chi connectivity index (χ0n) is 6.56. The van der Waals surface area contributed by atoms with Gasteiger partial charge >= 0.3 is 0 Å². The second-order valence-corrected chi connectivity index (χ2v) is 2.39. The highest BCUT2D eigenvalue weighted by atomic mass is 16.5. The van der Waals surface area contributed by atoms with Gasteiger partial charge in [0.25, 0.3) is 5.91 Å². The minimum absolute atomic E-state index is 0.0988. The van der Waals surface area contributed by atoms with Crippen LogP contribution in [0.5, 0.6) is 0 Å². The summed E-state index contributed by atoms with van der Waals surface area (Å²) in [5.41, 5.74) is 4.97. The molecule has 0 radical (unpaired) electrons. The van der Waals surface area contributed by atoms with Gasteiger partial charge < -0.3 is 20.6 Å². The zero-order valence-corrected chi connectivity index (χ0v) is 6.56. The number of morpholine rings is 1.